The molecule has 146 valence electrons. The first-order valence-electron chi connectivity index (χ1n) is 9.35. The summed E-state index contributed by atoms with van der Waals surface area (Å²) in [5, 5.41) is 0.424. The summed E-state index contributed by atoms with van der Waals surface area (Å²) in [4.78, 5) is 25.9. The SMILES string of the molecule is O=C(/C=C/c1cc(Cl)c2c(c1)OCCO2)OCC(=O)N1CCCCCCC1. The Morgan fingerprint density at radius 3 is 2.56 bits per heavy atom. The molecule has 3 rings (SSSR count). The molecule has 1 fully saturated rings. The molecule has 2 aliphatic rings. The molecule has 0 unspecified atom stereocenters. The van der Waals surface area contributed by atoms with Gasteiger partial charge >= 0.3 is 5.97 Å². The van der Waals surface area contributed by atoms with Crippen LogP contribution in [0.25, 0.3) is 6.08 Å². The maximum atomic E-state index is 12.2. The first-order chi connectivity index (χ1) is 13.1. The number of hydrogen-bond donors (Lipinski definition) is 0. The number of likely N-dealkylation sites (tertiary alicyclic amines) is 1. The van der Waals surface area contributed by atoms with Crippen LogP contribution in [-0.2, 0) is 14.3 Å². The van der Waals surface area contributed by atoms with Crippen LogP contribution in [0.5, 0.6) is 11.5 Å². The number of amides is 1. The lowest BCUT2D eigenvalue weighted by Crippen LogP contribution is -2.36. The van der Waals surface area contributed by atoms with Gasteiger partial charge in [-0.1, -0.05) is 30.9 Å². The van der Waals surface area contributed by atoms with E-state index in [-0.39, 0.29) is 12.5 Å². The third-order valence-electron chi connectivity index (χ3n) is 4.58. The van der Waals surface area contributed by atoms with Crippen LogP contribution in [0.3, 0.4) is 0 Å². The summed E-state index contributed by atoms with van der Waals surface area (Å²) in [6.45, 7) is 2.16. The van der Waals surface area contributed by atoms with Crippen LogP contribution in [0.2, 0.25) is 5.02 Å². The first kappa shape index (κ1) is 19.5. The van der Waals surface area contributed by atoms with Gasteiger partial charge in [0.15, 0.2) is 18.1 Å². The quantitative estimate of drug-likeness (QED) is 0.579. The Kier molecular flexibility index (Phi) is 6.98. The monoisotopic (exact) mass is 393 g/mol. The average Bonchev–Trinajstić information content (AvgIpc) is 2.64. The largest absolute Gasteiger partial charge is 0.486 e. The van der Waals surface area contributed by atoms with Crippen LogP contribution >= 0.6 is 11.6 Å². The van der Waals surface area contributed by atoms with E-state index < -0.39 is 5.97 Å². The van der Waals surface area contributed by atoms with Crippen molar-refractivity contribution in [1.29, 1.82) is 0 Å². The minimum atomic E-state index is -0.568. The van der Waals surface area contributed by atoms with Gasteiger partial charge in [-0.15, -0.1) is 0 Å². The molecule has 1 saturated heterocycles. The summed E-state index contributed by atoms with van der Waals surface area (Å²) in [6, 6.07) is 3.43. The molecule has 0 bridgehead atoms. The fourth-order valence-electron chi connectivity index (χ4n) is 3.16. The fourth-order valence-corrected chi connectivity index (χ4v) is 3.43. The van der Waals surface area contributed by atoms with Crippen molar-refractivity contribution in [3.63, 3.8) is 0 Å². The molecular weight excluding hydrogens is 370 g/mol. The molecule has 0 N–H and O–H groups in total. The zero-order valence-corrected chi connectivity index (χ0v) is 16.0. The Morgan fingerprint density at radius 1 is 1.07 bits per heavy atom. The second-order valence-corrected chi connectivity index (χ2v) is 7.02. The Bertz CT molecular complexity index is 711. The number of fused-ring (bicyclic) bond motifs is 1. The summed E-state index contributed by atoms with van der Waals surface area (Å²) < 4.78 is 16.1. The molecule has 0 saturated carbocycles. The van der Waals surface area contributed by atoms with Gasteiger partial charge in [-0.3, -0.25) is 4.79 Å². The van der Waals surface area contributed by atoms with Crippen molar-refractivity contribution in [3.05, 3.63) is 28.8 Å². The van der Waals surface area contributed by atoms with E-state index in [1.165, 1.54) is 12.5 Å². The topological polar surface area (TPSA) is 65.1 Å². The molecule has 7 heteroatoms. The molecule has 1 amide bonds. The fraction of sp³-hybridized carbons (Fsp3) is 0.500. The van der Waals surface area contributed by atoms with Crippen molar-refractivity contribution in [2.45, 2.75) is 32.1 Å². The van der Waals surface area contributed by atoms with Crippen molar-refractivity contribution >= 4 is 29.6 Å². The number of rotatable bonds is 4. The van der Waals surface area contributed by atoms with E-state index in [1.54, 1.807) is 23.1 Å². The van der Waals surface area contributed by atoms with Gasteiger partial charge in [0, 0.05) is 19.2 Å². The molecule has 2 heterocycles. The molecule has 1 aromatic carbocycles. The second kappa shape index (κ2) is 9.65. The van der Waals surface area contributed by atoms with E-state index in [2.05, 4.69) is 0 Å². The highest BCUT2D eigenvalue weighted by atomic mass is 35.5. The lowest BCUT2D eigenvalue weighted by Gasteiger charge is -2.24. The van der Waals surface area contributed by atoms with Crippen molar-refractivity contribution < 1.29 is 23.8 Å². The number of ether oxygens (including phenoxy) is 3. The Labute approximate surface area is 164 Å². The smallest absolute Gasteiger partial charge is 0.331 e. The molecule has 6 nitrogen and oxygen atoms in total. The molecule has 0 aliphatic carbocycles. The summed E-state index contributed by atoms with van der Waals surface area (Å²) in [5.74, 6) is 0.359. The summed E-state index contributed by atoms with van der Waals surface area (Å²) >= 11 is 6.17. The lowest BCUT2D eigenvalue weighted by atomic mass is 10.1. The van der Waals surface area contributed by atoms with Gasteiger partial charge in [-0.2, -0.15) is 0 Å². The zero-order valence-electron chi connectivity index (χ0n) is 15.2. The van der Waals surface area contributed by atoms with E-state index in [4.69, 9.17) is 25.8 Å². The van der Waals surface area contributed by atoms with E-state index in [0.717, 1.165) is 38.8 Å². The molecule has 27 heavy (non-hydrogen) atoms. The first-order valence-corrected chi connectivity index (χ1v) is 9.73. The molecule has 1 aromatic rings. The van der Waals surface area contributed by atoms with Crippen LogP contribution in [-0.4, -0.2) is 49.7 Å². The number of halogens is 1. The van der Waals surface area contributed by atoms with Gasteiger partial charge in [0.1, 0.15) is 13.2 Å². The predicted molar refractivity (Wildman–Crippen MR) is 102 cm³/mol. The van der Waals surface area contributed by atoms with Crippen molar-refractivity contribution in [3.8, 4) is 11.5 Å². The van der Waals surface area contributed by atoms with Crippen LogP contribution < -0.4 is 9.47 Å². The Morgan fingerprint density at radius 2 is 1.78 bits per heavy atom. The van der Waals surface area contributed by atoms with Crippen LogP contribution in [0.1, 0.15) is 37.7 Å². The van der Waals surface area contributed by atoms with Gasteiger partial charge in [-0.25, -0.2) is 4.79 Å². The molecular formula is C20H24ClNO5. The molecule has 0 radical (unpaired) electrons. The molecule has 2 aliphatic heterocycles. The van der Waals surface area contributed by atoms with E-state index in [0.29, 0.717) is 35.3 Å². The number of hydrogen-bond acceptors (Lipinski definition) is 5. The third-order valence-corrected chi connectivity index (χ3v) is 4.86. The Hall–Kier alpha value is -2.21. The van der Waals surface area contributed by atoms with E-state index >= 15 is 0 Å². The number of benzene rings is 1. The average molecular weight is 394 g/mol. The number of carbonyl (C=O) groups is 2. The summed E-state index contributed by atoms with van der Waals surface area (Å²) in [7, 11) is 0. The maximum Gasteiger partial charge on any atom is 0.331 e. The van der Waals surface area contributed by atoms with Crippen LogP contribution in [0.15, 0.2) is 18.2 Å². The minimum absolute atomic E-state index is 0.138. The highest BCUT2D eigenvalue weighted by Crippen LogP contribution is 2.38. The predicted octanol–water partition coefficient (Wildman–Crippen LogP) is 3.46. The maximum absolute atomic E-state index is 12.2. The lowest BCUT2D eigenvalue weighted by molar-refractivity contribution is -0.148. The highest BCUT2D eigenvalue weighted by molar-refractivity contribution is 6.32. The zero-order chi connectivity index (χ0) is 19.1. The van der Waals surface area contributed by atoms with Gasteiger partial charge in [0.2, 0.25) is 0 Å². The van der Waals surface area contributed by atoms with Gasteiger partial charge in [-0.05, 0) is 36.6 Å². The van der Waals surface area contributed by atoms with E-state index in [1.807, 2.05) is 0 Å². The van der Waals surface area contributed by atoms with Crippen molar-refractivity contribution in [2.75, 3.05) is 32.9 Å². The number of nitrogens with zero attached hydrogens (tertiary/aromatic N) is 1. The molecule has 0 spiro atoms. The van der Waals surface area contributed by atoms with Gasteiger partial charge < -0.3 is 19.1 Å². The normalized spacial score (nSPS) is 17.3. The standard InChI is InChI=1S/C20H24ClNO5/c21-16-12-15(13-17-20(16)26-11-10-25-17)6-7-19(24)27-14-18(23)22-8-4-2-1-3-5-9-22/h6-7,12-13H,1-5,8-11,14H2/b7-6+. The number of esters is 1. The highest BCUT2D eigenvalue weighted by Gasteiger charge is 2.17. The van der Waals surface area contributed by atoms with Crippen molar-refractivity contribution in [2.24, 2.45) is 0 Å². The van der Waals surface area contributed by atoms with Gasteiger partial charge in [0.25, 0.3) is 5.91 Å². The van der Waals surface area contributed by atoms with Crippen LogP contribution in [0.4, 0.5) is 0 Å². The van der Waals surface area contributed by atoms with Crippen LogP contribution in [0, 0.1) is 0 Å². The summed E-state index contributed by atoms with van der Waals surface area (Å²) in [6.07, 6.45) is 8.38. The summed E-state index contributed by atoms with van der Waals surface area (Å²) in [5.41, 5.74) is 0.691. The molecule has 0 aromatic heterocycles. The third kappa shape index (κ3) is 5.63. The second-order valence-electron chi connectivity index (χ2n) is 6.62. The van der Waals surface area contributed by atoms with Gasteiger partial charge in [0.05, 0.1) is 5.02 Å². The number of carbonyl (C=O) groups excluding carboxylic acids is 2. The van der Waals surface area contributed by atoms with E-state index in [9.17, 15) is 9.59 Å². The minimum Gasteiger partial charge on any atom is -0.486 e. The molecule has 0 atom stereocenters. The van der Waals surface area contributed by atoms with Crippen molar-refractivity contribution in [1.82, 2.24) is 4.90 Å². The Balaban J connectivity index is 1.51.